The van der Waals surface area contributed by atoms with Crippen molar-refractivity contribution in [1.29, 1.82) is 0 Å². The molecule has 0 heterocycles. The minimum absolute atomic E-state index is 0. The van der Waals surface area contributed by atoms with E-state index in [1.807, 2.05) is 0 Å². The molecule has 2 rings (SSSR count). The van der Waals surface area contributed by atoms with Crippen molar-refractivity contribution in [2.45, 2.75) is 37.8 Å². The predicted octanol–water partition coefficient (Wildman–Crippen LogP) is 2.94. The van der Waals surface area contributed by atoms with Crippen LogP contribution in [0, 0.1) is 0 Å². The van der Waals surface area contributed by atoms with Gasteiger partial charge in [0, 0.05) is 18.9 Å². The Labute approximate surface area is 101 Å². The zero-order chi connectivity index (χ0) is 8.93. The monoisotopic (exact) mass is 199 g/mol. The fourth-order valence-electron chi connectivity index (χ4n) is 2.02. The fourth-order valence-corrected chi connectivity index (χ4v) is 3.57. The topological polar surface area (TPSA) is 0 Å². The minimum atomic E-state index is 0. The van der Waals surface area contributed by atoms with Gasteiger partial charge in [0.25, 0.3) is 0 Å². The van der Waals surface area contributed by atoms with Gasteiger partial charge in [0.2, 0.25) is 0 Å². The molecule has 1 aromatic rings. The molecule has 1 atom stereocenters. The average molecular weight is 199 g/mol. The van der Waals surface area contributed by atoms with Gasteiger partial charge in [0.05, 0.1) is 0 Å². The third-order valence-corrected chi connectivity index (χ3v) is 4.40. The molecule has 1 radical (unpaired) electrons. The van der Waals surface area contributed by atoms with Crippen LogP contribution in [0.15, 0.2) is 30.3 Å². The van der Waals surface area contributed by atoms with Crippen LogP contribution >= 0.6 is 8.58 Å². The third kappa shape index (κ3) is 3.78. The van der Waals surface area contributed by atoms with Crippen LogP contribution in [0.2, 0.25) is 0 Å². The van der Waals surface area contributed by atoms with E-state index in [9.17, 15) is 0 Å². The first-order chi connectivity index (χ1) is 6.45. The van der Waals surface area contributed by atoms with Gasteiger partial charge in [-0.25, -0.2) is 0 Å². The Balaban J connectivity index is 0.000000980. The van der Waals surface area contributed by atoms with Crippen molar-refractivity contribution in [3.8, 4) is 0 Å². The molecule has 0 aromatic heterocycles. The molecule has 0 nitrogen and oxygen atoms in total. The Morgan fingerprint density at radius 2 is 1.57 bits per heavy atom. The first-order valence-corrected chi connectivity index (χ1v) is 6.34. The maximum Gasteiger partial charge on any atom is 0 e. The molecule has 1 aromatic carbocycles. The van der Waals surface area contributed by atoms with E-state index in [-0.39, 0.29) is 18.9 Å². The van der Waals surface area contributed by atoms with E-state index in [0.717, 1.165) is 14.2 Å². The molecule has 0 N–H and O–H groups in total. The van der Waals surface area contributed by atoms with E-state index in [2.05, 4.69) is 30.3 Å². The van der Waals surface area contributed by atoms with Crippen LogP contribution in [-0.4, -0.2) is 24.5 Å². The number of hydrogen-bond donors (Lipinski definition) is 0. The summed E-state index contributed by atoms with van der Waals surface area (Å²) in [6.45, 7) is 0. The van der Waals surface area contributed by atoms with Crippen molar-refractivity contribution in [1.82, 2.24) is 0 Å². The quantitative estimate of drug-likeness (QED) is 0.507. The van der Waals surface area contributed by atoms with E-state index in [1.54, 1.807) is 5.30 Å². The summed E-state index contributed by atoms with van der Waals surface area (Å²) in [5.74, 6) is 0. The van der Waals surface area contributed by atoms with Gasteiger partial charge >= 0.3 is 0 Å². The van der Waals surface area contributed by atoms with Crippen LogP contribution < -0.4 is 5.30 Å². The van der Waals surface area contributed by atoms with Crippen LogP contribution in [0.3, 0.4) is 0 Å². The van der Waals surface area contributed by atoms with Crippen molar-refractivity contribution < 1.29 is 0 Å². The molecule has 71 valence electrons. The van der Waals surface area contributed by atoms with E-state index >= 15 is 0 Å². The maximum absolute atomic E-state index is 2.27. The number of rotatable bonds is 2. The average Bonchev–Trinajstić information content (AvgIpc) is 2.21. The van der Waals surface area contributed by atoms with Gasteiger partial charge in [-0.2, -0.15) is 0 Å². The van der Waals surface area contributed by atoms with Crippen LogP contribution in [0.1, 0.15) is 32.1 Å². The van der Waals surface area contributed by atoms with Gasteiger partial charge in [0.15, 0.2) is 0 Å². The molecule has 0 aliphatic heterocycles. The fraction of sp³-hybridized carbons (Fsp3) is 0.500. The molecular weight excluding hydrogens is 182 g/mol. The summed E-state index contributed by atoms with van der Waals surface area (Å²) in [6.07, 6.45) is 7.32. The summed E-state index contributed by atoms with van der Waals surface area (Å²) in [6, 6.07) is 11.0. The third-order valence-electron chi connectivity index (χ3n) is 2.75. The van der Waals surface area contributed by atoms with E-state index in [4.69, 9.17) is 0 Å². The maximum atomic E-state index is 2.27. The standard InChI is InChI=1S/C12H17P.Li/c1-3-7-11(8-4-1)13-12-9-5-2-6-10-12;/h1,3-4,7-8,12-13H,2,5-6,9-10H2;. The Morgan fingerprint density at radius 1 is 0.929 bits per heavy atom. The molecular formula is C12H17LiP. The summed E-state index contributed by atoms with van der Waals surface area (Å²) in [5, 5.41) is 1.55. The van der Waals surface area contributed by atoms with Crippen LogP contribution in [0.25, 0.3) is 0 Å². The van der Waals surface area contributed by atoms with Gasteiger partial charge in [-0.15, -0.1) is 0 Å². The summed E-state index contributed by atoms with van der Waals surface area (Å²) in [4.78, 5) is 0. The smallest absolute Gasteiger partial charge is 0 e. The second kappa shape index (κ2) is 6.68. The van der Waals surface area contributed by atoms with Gasteiger partial charge in [-0.3, -0.25) is 0 Å². The van der Waals surface area contributed by atoms with Crippen LogP contribution in [0.5, 0.6) is 0 Å². The first kappa shape index (κ1) is 12.3. The van der Waals surface area contributed by atoms with Gasteiger partial charge in [-0.1, -0.05) is 58.2 Å². The van der Waals surface area contributed by atoms with Crippen molar-refractivity contribution in [3.05, 3.63) is 30.3 Å². The molecule has 1 fully saturated rings. The Kier molecular flexibility index (Phi) is 5.88. The molecule has 0 bridgehead atoms. The summed E-state index contributed by atoms with van der Waals surface area (Å²) in [7, 11) is 1.05. The SMILES string of the molecule is [Li].c1ccc(PC2CCCCC2)cc1. The normalized spacial score (nSPS) is 18.3. The molecule has 0 spiro atoms. The summed E-state index contributed by atoms with van der Waals surface area (Å²) in [5.41, 5.74) is 0.996. The number of benzene rings is 1. The molecule has 1 saturated carbocycles. The second-order valence-corrected chi connectivity index (χ2v) is 5.53. The molecule has 0 amide bonds. The molecule has 0 saturated heterocycles. The van der Waals surface area contributed by atoms with Crippen LogP contribution in [0.4, 0.5) is 0 Å². The summed E-state index contributed by atoms with van der Waals surface area (Å²) >= 11 is 0. The second-order valence-electron chi connectivity index (χ2n) is 3.85. The van der Waals surface area contributed by atoms with E-state index < -0.39 is 0 Å². The van der Waals surface area contributed by atoms with Crippen molar-refractivity contribution in [2.75, 3.05) is 0 Å². The Hall–Kier alpha value is 0.247. The largest absolute Gasteiger partial charge is 0.0872 e. The van der Waals surface area contributed by atoms with Gasteiger partial charge < -0.3 is 0 Å². The van der Waals surface area contributed by atoms with Crippen LogP contribution in [-0.2, 0) is 0 Å². The first-order valence-electron chi connectivity index (χ1n) is 5.27. The van der Waals surface area contributed by atoms with E-state index in [1.165, 1.54) is 32.1 Å². The zero-order valence-corrected chi connectivity index (χ0v) is 10.00. The molecule has 14 heavy (non-hydrogen) atoms. The van der Waals surface area contributed by atoms with E-state index in [0.29, 0.717) is 0 Å². The van der Waals surface area contributed by atoms with Crippen molar-refractivity contribution in [3.63, 3.8) is 0 Å². The number of hydrogen-bond acceptors (Lipinski definition) is 0. The van der Waals surface area contributed by atoms with Gasteiger partial charge in [-0.05, 0) is 23.8 Å². The van der Waals surface area contributed by atoms with Crippen molar-refractivity contribution in [2.24, 2.45) is 0 Å². The Bertz CT molecular complexity index is 242. The minimum Gasteiger partial charge on any atom is -0.0872 e. The van der Waals surface area contributed by atoms with Gasteiger partial charge in [0.1, 0.15) is 0 Å². The summed E-state index contributed by atoms with van der Waals surface area (Å²) < 4.78 is 0. The van der Waals surface area contributed by atoms with Crippen molar-refractivity contribution >= 4 is 32.7 Å². The molecule has 2 heteroatoms. The Morgan fingerprint density at radius 3 is 2.21 bits per heavy atom. The molecule has 1 aliphatic rings. The predicted molar refractivity (Wildman–Crippen MR) is 67.0 cm³/mol. The molecule has 1 aliphatic carbocycles. The molecule has 1 unspecified atom stereocenters. The zero-order valence-electron chi connectivity index (χ0n) is 9.00.